The first-order valence-electron chi connectivity index (χ1n) is 9.70. The molecule has 1 N–H and O–H groups in total. The van der Waals surface area contributed by atoms with Gasteiger partial charge in [0.15, 0.2) is 11.5 Å². The third-order valence-electron chi connectivity index (χ3n) is 5.11. The van der Waals surface area contributed by atoms with Gasteiger partial charge >= 0.3 is 0 Å². The maximum atomic E-state index is 13.4. The van der Waals surface area contributed by atoms with Crippen LogP contribution in [-0.4, -0.2) is 52.3 Å². The number of aromatic nitrogens is 2. The topological polar surface area (TPSA) is 61.6 Å². The molecule has 0 saturated carbocycles. The van der Waals surface area contributed by atoms with Crippen LogP contribution in [0.15, 0.2) is 48.5 Å². The van der Waals surface area contributed by atoms with E-state index in [-0.39, 0.29) is 18.3 Å². The Morgan fingerprint density at radius 2 is 1.97 bits per heavy atom. The lowest BCUT2D eigenvalue weighted by atomic mass is 10.1. The molecule has 0 saturated heterocycles. The van der Waals surface area contributed by atoms with Crippen LogP contribution in [0.4, 0.5) is 10.2 Å². The number of halogens is 2. The predicted molar refractivity (Wildman–Crippen MR) is 114 cm³/mol. The van der Waals surface area contributed by atoms with Gasteiger partial charge in [0.1, 0.15) is 11.6 Å². The number of carbonyl (C=O) groups excluding carboxylic acids is 1. The molecule has 3 aromatic rings. The van der Waals surface area contributed by atoms with Gasteiger partial charge in [-0.3, -0.25) is 4.79 Å². The highest BCUT2D eigenvalue weighted by Crippen LogP contribution is 2.33. The Balaban J connectivity index is 1.84. The van der Waals surface area contributed by atoms with Crippen molar-refractivity contribution in [2.75, 3.05) is 31.8 Å². The number of hydrogen-bond acceptors (Lipinski definition) is 4. The van der Waals surface area contributed by atoms with Crippen molar-refractivity contribution in [2.45, 2.75) is 13.0 Å². The van der Waals surface area contributed by atoms with Gasteiger partial charge in [0.25, 0.3) is 5.91 Å². The number of rotatable bonds is 6. The van der Waals surface area contributed by atoms with E-state index >= 15 is 0 Å². The quantitative estimate of drug-likeness (QED) is 0.651. The molecule has 1 aliphatic heterocycles. The van der Waals surface area contributed by atoms with E-state index in [0.717, 1.165) is 11.1 Å². The van der Waals surface area contributed by atoms with E-state index in [1.807, 2.05) is 34.7 Å². The molecule has 1 aliphatic rings. The van der Waals surface area contributed by atoms with Gasteiger partial charge in [-0.25, -0.2) is 9.37 Å². The molecule has 0 atom stereocenters. The fourth-order valence-electron chi connectivity index (χ4n) is 3.66. The average Bonchev–Trinajstić information content (AvgIpc) is 3.11. The zero-order valence-corrected chi connectivity index (χ0v) is 17.3. The molecule has 1 amide bonds. The van der Waals surface area contributed by atoms with Crippen molar-refractivity contribution in [1.29, 1.82) is 0 Å². The number of amides is 1. The molecule has 0 bridgehead atoms. The summed E-state index contributed by atoms with van der Waals surface area (Å²) in [7, 11) is 1.88. The van der Waals surface area contributed by atoms with Crippen LogP contribution in [0.5, 0.6) is 0 Å². The molecule has 4 rings (SSSR count). The van der Waals surface area contributed by atoms with Crippen LogP contribution in [-0.2, 0) is 6.54 Å². The molecule has 156 valence electrons. The van der Waals surface area contributed by atoms with Crippen LogP contribution in [0.3, 0.4) is 0 Å². The minimum atomic E-state index is -0.313. The van der Waals surface area contributed by atoms with Gasteiger partial charge < -0.3 is 19.5 Å². The Hall–Kier alpha value is -2.90. The van der Waals surface area contributed by atoms with Crippen molar-refractivity contribution in [3.05, 3.63) is 70.6 Å². The Labute approximate surface area is 179 Å². The summed E-state index contributed by atoms with van der Waals surface area (Å²) in [5, 5.41) is 9.76. The van der Waals surface area contributed by atoms with Gasteiger partial charge in [-0.2, -0.15) is 0 Å². The number of carbonyl (C=O) groups is 1. The fraction of sp³-hybridized carbons (Fsp3) is 0.273. The van der Waals surface area contributed by atoms with E-state index in [0.29, 0.717) is 48.5 Å². The van der Waals surface area contributed by atoms with Crippen LogP contribution in [0.25, 0.3) is 11.4 Å². The van der Waals surface area contributed by atoms with E-state index in [9.17, 15) is 14.3 Å². The minimum Gasteiger partial charge on any atom is -0.396 e. The number of fused-ring (bicyclic) bond motifs is 1. The second kappa shape index (κ2) is 8.45. The normalized spacial score (nSPS) is 13.7. The SMILES string of the molecule is CN1CN(CCCO)C(=O)c2c1nc(-c1cccc(Cl)c1)n2Cc1ccc(F)cc1. The van der Waals surface area contributed by atoms with Crippen molar-refractivity contribution in [2.24, 2.45) is 0 Å². The molecule has 2 aromatic carbocycles. The maximum absolute atomic E-state index is 13.4. The standard InChI is InChI=1S/C22H22ClFN4O2/c1-26-14-27(10-3-11-29)22(30)19-21(26)25-20(16-4-2-5-17(23)12-16)28(19)13-15-6-8-18(24)9-7-15/h2,4-9,12,29H,3,10-11,13-14H2,1H3. The summed E-state index contributed by atoms with van der Waals surface area (Å²) < 4.78 is 15.2. The lowest BCUT2D eigenvalue weighted by molar-refractivity contribution is 0.0722. The molecule has 0 fully saturated rings. The molecule has 2 heterocycles. The molecular formula is C22H22ClFN4O2. The first kappa shape index (κ1) is 20.4. The van der Waals surface area contributed by atoms with Gasteiger partial charge in [-0.1, -0.05) is 35.9 Å². The third-order valence-corrected chi connectivity index (χ3v) is 5.34. The van der Waals surface area contributed by atoms with Crippen LogP contribution < -0.4 is 4.90 Å². The number of aliphatic hydroxyl groups is 1. The molecule has 1 aromatic heterocycles. The van der Waals surface area contributed by atoms with Crippen LogP contribution >= 0.6 is 11.6 Å². The van der Waals surface area contributed by atoms with Crippen LogP contribution in [0.2, 0.25) is 5.02 Å². The van der Waals surface area contributed by atoms with Crippen molar-refractivity contribution < 1.29 is 14.3 Å². The second-order valence-corrected chi connectivity index (χ2v) is 7.75. The molecule has 30 heavy (non-hydrogen) atoms. The maximum Gasteiger partial charge on any atom is 0.275 e. The van der Waals surface area contributed by atoms with Crippen molar-refractivity contribution in [1.82, 2.24) is 14.5 Å². The zero-order valence-electron chi connectivity index (χ0n) is 16.6. The number of nitrogens with zero attached hydrogens (tertiary/aromatic N) is 4. The van der Waals surface area contributed by atoms with E-state index in [1.54, 1.807) is 23.1 Å². The van der Waals surface area contributed by atoms with Gasteiger partial charge in [0, 0.05) is 37.3 Å². The van der Waals surface area contributed by atoms with Crippen molar-refractivity contribution in [3.63, 3.8) is 0 Å². The smallest absolute Gasteiger partial charge is 0.275 e. The van der Waals surface area contributed by atoms with E-state index in [2.05, 4.69) is 0 Å². The summed E-state index contributed by atoms with van der Waals surface area (Å²) in [5.41, 5.74) is 2.12. The van der Waals surface area contributed by atoms with Gasteiger partial charge in [-0.15, -0.1) is 0 Å². The first-order valence-corrected chi connectivity index (χ1v) is 10.1. The fourth-order valence-corrected chi connectivity index (χ4v) is 3.85. The summed E-state index contributed by atoms with van der Waals surface area (Å²) in [5.74, 6) is 0.764. The molecule has 0 aliphatic carbocycles. The minimum absolute atomic E-state index is 0.0168. The Morgan fingerprint density at radius 3 is 2.67 bits per heavy atom. The van der Waals surface area contributed by atoms with Crippen molar-refractivity contribution >= 4 is 23.3 Å². The van der Waals surface area contributed by atoms with E-state index in [4.69, 9.17) is 16.6 Å². The summed E-state index contributed by atoms with van der Waals surface area (Å²) >= 11 is 6.20. The van der Waals surface area contributed by atoms with Crippen LogP contribution in [0, 0.1) is 5.82 Å². The average molecular weight is 429 g/mol. The molecular weight excluding hydrogens is 407 g/mol. The molecule has 6 nitrogen and oxygen atoms in total. The molecule has 0 spiro atoms. The highest BCUT2D eigenvalue weighted by atomic mass is 35.5. The lowest BCUT2D eigenvalue weighted by Gasteiger charge is -2.33. The third kappa shape index (κ3) is 3.91. The van der Waals surface area contributed by atoms with Gasteiger partial charge in [0.05, 0.1) is 6.67 Å². The zero-order chi connectivity index (χ0) is 21.3. The highest BCUT2D eigenvalue weighted by molar-refractivity contribution is 6.30. The number of aliphatic hydroxyl groups excluding tert-OH is 1. The number of anilines is 1. The predicted octanol–water partition coefficient (Wildman–Crippen LogP) is 3.62. The summed E-state index contributed by atoms with van der Waals surface area (Å²) in [6.45, 7) is 1.22. The molecule has 0 unspecified atom stereocenters. The summed E-state index contributed by atoms with van der Waals surface area (Å²) in [6, 6.07) is 13.5. The number of imidazole rings is 1. The Bertz CT molecular complexity index is 1070. The van der Waals surface area contributed by atoms with Gasteiger partial charge in [-0.05, 0) is 36.2 Å². The molecule has 8 heteroatoms. The van der Waals surface area contributed by atoms with Crippen LogP contribution in [0.1, 0.15) is 22.5 Å². The van der Waals surface area contributed by atoms with E-state index < -0.39 is 0 Å². The summed E-state index contributed by atoms with van der Waals surface area (Å²) in [6.07, 6.45) is 0.502. The first-order chi connectivity index (χ1) is 14.5. The van der Waals surface area contributed by atoms with Crippen molar-refractivity contribution in [3.8, 4) is 11.4 Å². The highest BCUT2D eigenvalue weighted by Gasteiger charge is 2.34. The number of benzene rings is 2. The largest absolute Gasteiger partial charge is 0.396 e. The molecule has 0 radical (unpaired) electrons. The van der Waals surface area contributed by atoms with E-state index in [1.165, 1.54) is 12.1 Å². The Morgan fingerprint density at radius 1 is 1.20 bits per heavy atom. The Kier molecular flexibility index (Phi) is 5.74. The second-order valence-electron chi connectivity index (χ2n) is 7.32. The monoisotopic (exact) mass is 428 g/mol. The summed E-state index contributed by atoms with van der Waals surface area (Å²) in [4.78, 5) is 21.7. The number of hydrogen-bond donors (Lipinski definition) is 1. The lowest BCUT2D eigenvalue weighted by Crippen LogP contribution is -2.46. The van der Waals surface area contributed by atoms with Gasteiger partial charge in [0.2, 0.25) is 0 Å².